The predicted molar refractivity (Wildman–Crippen MR) is 136 cm³/mol. The Hall–Kier alpha value is -3.28. The van der Waals surface area contributed by atoms with Gasteiger partial charge in [0.2, 0.25) is 5.91 Å². The van der Waals surface area contributed by atoms with Crippen molar-refractivity contribution in [2.75, 3.05) is 11.9 Å². The van der Waals surface area contributed by atoms with E-state index in [1.165, 1.54) is 18.2 Å². The van der Waals surface area contributed by atoms with Crippen molar-refractivity contribution in [3.63, 3.8) is 0 Å². The molecule has 7 heteroatoms. The van der Waals surface area contributed by atoms with Gasteiger partial charge < -0.3 is 14.5 Å². The number of hydrogen-bond acceptors (Lipinski definition) is 3. The fraction of sp³-hybridized carbons (Fsp3) is 0.148. The average molecular weight is 498 g/mol. The Balaban J connectivity index is 1.77. The summed E-state index contributed by atoms with van der Waals surface area (Å²) in [6.45, 7) is 6.10. The largest absolute Gasteiger partial charge is 0.493 e. The van der Waals surface area contributed by atoms with E-state index in [1.807, 2.05) is 26.8 Å². The van der Waals surface area contributed by atoms with Gasteiger partial charge in [0, 0.05) is 43.9 Å². The van der Waals surface area contributed by atoms with E-state index in [9.17, 15) is 9.18 Å². The smallest absolute Gasteiger partial charge is 0.248 e. The quantitative estimate of drug-likeness (QED) is 0.272. The van der Waals surface area contributed by atoms with Crippen LogP contribution < -0.4 is 10.1 Å². The van der Waals surface area contributed by atoms with Crippen molar-refractivity contribution in [2.24, 2.45) is 0 Å². The average Bonchev–Trinajstić information content (AvgIpc) is 3.19. The topological polar surface area (TPSA) is 51.5 Å². The molecule has 1 heterocycles. The van der Waals surface area contributed by atoms with Crippen LogP contribution in [-0.4, -0.2) is 12.5 Å². The summed E-state index contributed by atoms with van der Waals surface area (Å²) in [6, 6.07) is 13.0. The lowest BCUT2D eigenvalue weighted by Gasteiger charge is -2.15. The van der Waals surface area contributed by atoms with Gasteiger partial charge in [-0.3, -0.25) is 4.79 Å². The molecule has 0 spiro atoms. The van der Waals surface area contributed by atoms with Crippen LogP contribution in [0.15, 0.2) is 65.3 Å². The summed E-state index contributed by atoms with van der Waals surface area (Å²) in [4.78, 5) is 12.7. The van der Waals surface area contributed by atoms with Gasteiger partial charge in [0.15, 0.2) is 0 Å². The molecule has 0 saturated carbocycles. The Kier molecular flexibility index (Phi) is 6.96. The summed E-state index contributed by atoms with van der Waals surface area (Å²) in [5.74, 6) is 0.00201. The van der Waals surface area contributed by atoms with Crippen LogP contribution in [0.25, 0.3) is 27.7 Å². The van der Waals surface area contributed by atoms with E-state index in [2.05, 4.69) is 5.32 Å². The molecule has 1 aromatic heterocycles. The van der Waals surface area contributed by atoms with Crippen LogP contribution in [0.5, 0.6) is 5.75 Å². The number of aryl methyl sites for hydroxylation is 1. The maximum atomic E-state index is 13.4. The first-order chi connectivity index (χ1) is 16.3. The lowest BCUT2D eigenvalue weighted by molar-refractivity contribution is -0.111. The summed E-state index contributed by atoms with van der Waals surface area (Å²) < 4.78 is 25.2. The maximum absolute atomic E-state index is 13.4. The van der Waals surface area contributed by atoms with Gasteiger partial charge in [-0.05, 0) is 68.3 Å². The standard InChI is InChI=1S/C27H22Cl2FNO3/c1-4-33-26-16(3)27-23(24(14-34-27)17-5-7-20(30)8-6-17)13-22(26)15(2)9-25(32)31-21-11-18(28)10-19(29)12-21/h5-14H,4H2,1-3H3,(H,31,32)/b15-9+. The number of carbonyl (C=O) groups is 1. The minimum atomic E-state index is -0.331. The van der Waals surface area contributed by atoms with Crippen LogP contribution in [-0.2, 0) is 4.79 Å². The number of allylic oxidation sites excluding steroid dienone is 1. The van der Waals surface area contributed by atoms with Crippen molar-refractivity contribution < 1.29 is 18.3 Å². The van der Waals surface area contributed by atoms with Crippen LogP contribution in [0.1, 0.15) is 25.0 Å². The molecule has 0 bridgehead atoms. The van der Waals surface area contributed by atoms with Crippen LogP contribution >= 0.6 is 23.2 Å². The van der Waals surface area contributed by atoms with Crippen LogP contribution in [0, 0.1) is 12.7 Å². The molecule has 1 amide bonds. The Morgan fingerprint density at radius 1 is 1.12 bits per heavy atom. The minimum absolute atomic E-state index is 0.308. The second-order valence-electron chi connectivity index (χ2n) is 7.82. The van der Waals surface area contributed by atoms with Gasteiger partial charge in [-0.1, -0.05) is 35.3 Å². The monoisotopic (exact) mass is 497 g/mol. The summed E-state index contributed by atoms with van der Waals surface area (Å²) in [5.41, 5.74) is 5.10. The third-order valence-corrected chi connectivity index (χ3v) is 5.83. The SMILES string of the molecule is CCOc1c(/C(C)=C/C(=O)Nc2cc(Cl)cc(Cl)c2)cc2c(-c3ccc(F)cc3)coc2c1C. The molecular weight excluding hydrogens is 476 g/mol. The van der Waals surface area contributed by atoms with Crippen molar-refractivity contribution in [3.8, 4) is 16.9 Å². The Labute approximate surface area is 206 Å². The molecule has 0 radical (unpaired) electrons. The Morgan fingerprint density at radius 2 is 1.79 bits per heavy atom. The molecule has 34 heavy (non-hydrogen) atoms. The fourth-order valence-corrected chi connectivity index (χ4v) is 4.40. The first kappa shape index (κ1) is 23.9. The highest BCUT2D eigenvalue weighted by Crippen LogP contribution is 2.40. The first-order valence-electron chi connectivity index (χ1n) is 10.7. The van der Waals surface area contributed by atoms with Crippen molar-refractivity contribution >= 4 is 51.3 Å². The molecule has 0 unspecified atom stereocenters. The van der Waals surface area contributed by atoms with Gasteiger partial charge in [-0.25, -0.2) is 4.39 Å². The predicted octanol–water partition coefficient (Wildman–Crippen LogP) is 8.29. The lowest BCUT2D eigenvalue weighted by atomic mass is 9.96. The second-order valence-corrected chi connectivity index (χ2v) is 8.69. The highest BCUT2D eigenvalue weighted by Gasteiger charge is 2.19. The molecule has 4 rings (SSSR count). The number of benzene rings is 3. The van der Waals surface area contributed by atoms with E-state index in [0.717, 1.165) is 27.6 Å². The number of fused-ring (bicyclic) bond motifs is 1. The number of hydrogen-bond donors (Lipinski definition) is 1. The molecule has 0 aliphatic rings. The second kappa shape index (κ2) is 9.92. The molecule has 0 fully saturated rings. The Bertz CT molecular complexity index is 1390. The van der Waals surface area contributed by atoms with Crippen LogP contribution in [0.2, 0.25) is 10.0 Å². The molecule has 4 nitrogen and oxygen atoms in total. The molecule has 4 aromatic rings. The van der Waals surface area contributed by atoms with Crippen LogP contribution in [0.4, 0.5) is 10.1 Å². The van der Waals surface area contributed by atoms with E-state index in [4.69, 9.17) is 32.4 Å². The number of rotatable bonds is 6. The highest BCUT2D eigenvalue weighted by atomic mass is 35.5. The highest BCUT2D eigenvalue weighted by molar-refractivity contribution is 6.35. The zero-order valence-electron chi connectivity index (χ0n) is 18.8. The normalized spacial score (nSPS) is 11.6. The lowest BCUT2D eigenvalue weighted by Crippen LogP contribution is -2.09. The molecule has 3 aromatic carbocycles. The molecule has 0 saturated heterocycles. The summed E-state index contributed by atoms with van der Waals surface area (Å²) in [5, 5.41) is 4.49. The summed E-state index contributed by atoms with van der Waals surface area (Å²) in [7, 11) is 0. The summed E-state index contributed by atoms with van der Waals surface area (Å²) in [6.07, 6.45) is 3.15. The zero-order valence-corrected chi connectivity index (χ0v) is 20.4. The van der Waals surface area contributed by atoms with E-state index in [-0.39, 0.29) is 11.7 Å². The van der Waals surface area contributed by atoms with Gasteiger partial charge in [-0.15, -0.1) is 0 Å². The van der Waals surface area contributed by atoms with Gasteiger partial charge in [0.1, 0.15) is 17.1 Å². The van der Waals surface area contributed by atoms with E-state index >= 15 is 0 Å². The molecule has 1 N–H and O–H groups in total. The van der Waals surface area contributed by atoms with Gasteiger partial charge in [-0.2, -0.15) is 0 Å². The van der Waals surface area contributed by atoms with Crippen molar-refractivity contribution in [1.82, 2.24) is 0 Å². The van der Waals surface area contributed by atoms with Gasteiger partial charge in [0.05, 0.1) is 12.9 Å². The molecule has 0 aliphatic carbocycles. The van der Waals surface area contributed by atoms with Gasteiger partial charge in [0.25, 0.3) is 0 Å². The number of nitrogens with one attached hydrogen (secondary N) is 1. The summed E-state index contributed by atoms with van der Waals surface area (Å²) >= 11 is 12.1. The van der Waals surface area contributed by atoms with Crippen molar-refractivity contribution in [1.29, 1.82) is 0 Å². The van der Waals surface area contributed by atoms with Crippen molar-refractivity contribution in [2.45, 2.75) is 20.8 Å². The number of ether oxygens (including phenoxy) is 1. The minimum Gasteiger partial charge on any atom is -0.493 e. The van der Waals surface area contributed by atoms with E-state index < -0.39 is 0 Å². The molecular formula is C27H22Cl2FNO3. The fourth-order valence-electron chi connectivity index (χ4n) is 3.87. The Morgan fingerprint density at radius 3 is 2.44 bits per heavy atom. The number of halogens is 3. The number of carbonyl (C=O) groups excluding carboxylic acids is 1. The zero-order chi connectivity index (χ0) is 24.4. The molecule has 0 aliphatic heterocycles. The first-order valence-corrected chi connectivity index (χ1v) is 11.4. The van der Waals surface area contributed by atoms with Gasteiger partial charge >= 0.3 is 0 Å². The van der Waals surface area contributed by atoms with Crippen molar-refractivity contribution in [3.05, 3.63) is 87.9 Å². The van der Waals surface area contributed by atoms with Crippen LogP contribution in [0.3, 0.4) is 0 Å². The number of anilines is 1. The van der Waals surface area contributed by atoms with E-state index in [0.29, 0.717) is 39.2 Å². The third kappa shape index (κ3) is 4.96. The van der Waals surface area contributed by atoms with E-state index in [1.54, 1.807) is 36.6 Å². The third-order valence-electron chi connectivity index (χ3n) is 5.39. The number of furan rings is 1. The number of amides is 1. The molecule has 0 atom stereocenters. The molecule has 174 valence electrons. The maximum Gasteiger partial charge on any atom is 0.248 e.